The van der Waals surface area contributed by atoms with Crippen LogP contribution in [0.1, 0.15) is 36.2 Å². The topological polar surface area (TPSA) is 23.6 Å². The van der Waals surface area contributed by atoms with Gasteiger partial charge in [0.15, 0.2) is 0 Å². The fraction of sp³-hybridized carbons (Fsp3) is 0.643. The van der Waals surface area contributed by atoms with Gasteiger partial charge in [0.1, 0.15) is 0 Å². The summed E-state index contributed by atoms with van der Waals surface area (Å²) in [5.74, 6) is 0.223. The van der Waals surface area contributed by atoms with E-state index in [1.807, 2.05) is 25.4 Å². The van der Waals surface area contributed by atoms with Crippen molar-refractivity contribution in [3.63, 3.8) is 0 Å². The second-order valence-electron chi connectivity index (χ2n) is 5.05. The lowest BCUT2D eigenvalue weighted by molar-refractivity contribution is -0.129. The van der Waals surface area contributed by atoms with Gasteiger partial charge in [-0.3, -0.25) is 9.69 Å². The third-order valence-electron chi connectivity index (χ3n) is 3.70. The minimum Gasteiger partial charge on any atom is -0.349 e. The number of hydrogen-bond acceptors (Lipinski definition) is 3. The molecule has 0 radical (unpaired) electrons. The summed E-state index contributed by atoms with van der Waals surface area (Å²) < 4.78 is 0. The molecule has 0 fully saturated rings. The second-order valence-corrected chi connectivity index (χ2v) is 6.05. The van der Waals surface area contributed by atoms with Gasteiger partial charge in [-0.2, -0.15) is 0 Å². The van der Waals surface area contributed by atoms with Crippen LogP contribution in [0, 0.1) is 0 Å². The Kier molecular flexibility index (Phi) is 4.40. The van der Waals surface area contributed by atoms with Crippen molar-refractivity contribution < 1.29 is 4.79 Å². The monoisotopic (exact) mass is 266 g/mol. The summed E-state index contributed by atoms with van der Waals surface area (Å²) >= 11 is 1.87. The highest BCUT2D eigenvalue weighted by molar-refractivity contribution is 7.10. The number of amides is 1. The predicted octanol–water partition coefficient (Wildman–Crippen LogP) is 2.54. The molecule has 18 heavy (non-hydrogen) atoms. The zero-order valence-electron chi connectivity index (χ0n) is 11.5. The zero-order chi connectivity index (χ0) is 13.1. The number of hydrogen-bond donors (Lipinski definition) is 0. The number of thiophene rings is 1. The van der Waals surface area contributed by atoms with E-state index in [9.17, 15) is 4.79 Å². The molecule has 2 rings (SSSR count). The summed E-state index contributed by atoms with van der Waals surface area (Å²) in [5, 5.41) is 2.20. The van der Waals surface area contributed by atoms with Crippen LogP contribution in [0.25, 0.3) is 0 Å². The van der Waals surface area contributed by atoms with Gasteiger partial charge in [0.05, 0.1) is 0 Å². The van der Waals surface area contributed by atoms with Gasteiger partial charge in [0.25, 0.3) is 0 Å². The van der Waals surface area contributed by atoms with Crippen molar-refractivity contribution in [2.75, 3.05) is 27.2 Å². The highest BCUT2D eigenvalue weighted by Crippen LogP contribution is 2.35. The summed E-state index contributed by atoms with van der Waals surface area (Å²) in [6.07, 6.45) is 2.89. The molecule has 1 atom stereocenters. The molecule has 2 heterocycles. The summed E-state index contributed by atoms with van der Waals surface area (Å²) in [6, 6.07) is 2.77. The molecule has 0 spiro atoms. The molecule has 0 saturated carbocycles. The minimum absolute atomic E-state index is 0.223. The largest absolute Gasteiger partial charge is 0.349 e. The van der Waals surface area contributed by atoms with Crippen LogP contribution in [0.5, 0.6) is 0 Å². The van der Waals surface area contributed by atoms with E-state index < -0.39 is 0 Å². The van der Waals surface area contributed by atoms with Crippen molar-refractivity contribution in [3.8, 4) is 0 Å². The highest BCUT2D eigenvalue weighted by atomic mass is 32.1. The third-order valence-corrected chi connectivity index (χ3v) is 4.70. The van der Waals surface area contributed by atoms with E-state index in [2.05, 4.69) is 23.3 Å². The van der Waals surface area contributed by atoms with E-state index in [-0.39, 0.29) is 5.91 Å². The highest BCUT2D eigenvalue weighted by Gasteiger charge is 2.26. The van der Waals surface area contributed by atoms with Crippen molar-refractivity contribution in [2.45, 2.75) is 32.2 Å². The van der Waals surface area contributed by atoms with Gasteiger partial charge in [-0.1, -0.05) is 6.92 Å². The molecular weight excluding hydrogens is 244 g/mol. The Hall–Kier alpha value is -0.870. The fourth-order valence-electron chi connectivity index (χ4n) is 2.66. The maximum absolute atomic E-state index is 11.7. The van der Waals surface area contributed by atoms with Gasteiger partial charge in [-0.05, 0) is 29.9 Å². The van der Waals surface area contributed by atoms with Crippen molar-refractivity contribution in [2.24, 2.45) is 0 Å². The van der Waals surface area contributed by atoms with Crippen LogP contribution in [0.3, 0.4) is 0 Å². The molecule has 3 nitrogen and oxygen atoms in total. The third kappa shape index (κ3) is 2.75. The van der Waals surface area contributed by atoms with Crippen LogP contribution in [0.2, 0.25) is 0 Å². The van der Waals surface area contributed by atoms with Crippen LogP contribution in [-0.4, -0.2) is 42.9 Å². The van der Waals surface area contributed by atoms with Crippen LogP contribution in [0.15, 0.2) is 11.4 Å². The van der Waals surface area contributed by atoms with E-state index in [1.165, 1.54) is 10.4 Å². The average molecular weight is 266 g/mol. The number of nitrogens with zero attached hydrogens (tertiary/aromatic N) is 2. The molecule has 0 aromatic carbocycles. The molecule has 1 aliphatic heterocycles. The van der Waals surface area contributed by atoms with Crippen molar-refractivity contribution >= 4 is 17.2 Å². The van der Waals surface area contributed by atoms with Crippen molar-refractivity contribution in [1.29, 1.82) is 0 Å². The molecule has 100 valence electrons. The molecule has 0 saturated heterocycles. The van der Waals surface area contributed by atoms with Crippen LogP contribution >= 0.6 is 11.3 Å². The standard InChI is InChI=1S/C14H22N2OS/c1-4-12-11-7-10-18-13(11)5-8-16(12)9-6-14(17)15(2)3/h7,10,12H,4-6,8-9H2,1-3H3. The first kappa shape index (κ1) is 13.6. The molecule has 1 amide bonds. The Morgan fingerprint density at radius 1 is 1.56 bits per heavy atom. The number of carbonyl (C=O) groups is 1. The lowest BCUT2D eigenvalue weighted by atomic mass is 9.97. The summed E-state index contributed by atoms with van der Waals surface area (Å²) in [5.41, 5.74) is 1.49. The Labute approximate surface area is 113 Å². The van der Waals surface area contributed by atoms with Gasteiger partial charge in [0.2, 0.25) is 5.91 Å². The van der Waals surface area contributed by atoms with Crippen molar-refractivity contribution in [3.05, 3.63) is 21.9 Å². The van der Waals surface area contributed by atoms with E-state index >= 15 is 0 Å². The maximum atomic E-state index is 11.7. The first-order chi connectivity index (χ1) is 8.63. The zero-order valence-corrected chi connectivity index (χ0v) is 12.3. The Balaban J connectivity index is 2.00. The normalized spacial score (nSPS) is 19.6. The number of rotatable bonds is 4. The van der Waals surface area contributed by atoms with Crippen LogP contribution in [0.4, 0.5) is 0 Å². The van der Waals surface area contributed by atoms with E-state index in [0.717, 1.165) is 25.9 Å². The van der Waals surface area contributed by atoms with Crippen LogP contribution < -0.4 is 0 Å². The van der Waals surface area contributed by atoms with Gasteiger partial charge in [0, 0.05) is 44.5 Å². The predicted molar refractivity (Wildman–Crippen MR) is 75.9 cm³/mol. The summed E-state index contributed by atoms with van der Waals surface area (Å²) in [7, 11) is 3.65. The number of carbonyl (C=O) groups excluding carboxylic acids is 1. The molecule has 0 N–H and O–H groups in total. The van der Waals surface area contributed by atoms with Crippen molar-refractivity contribution in [1.82, 2.24) is 9.80 Å². The molecule has 1 aromatic heterocycles. The van der Waals surface area contributed by atoms with Crippen LogP contribution in [-0.2, 0) is 11.2 Å². The second kappa shape index (κ2) is 5.85. The smallest absolute Gasteiger partial charge is 0.223 e. The van der Waals surface area contributed by atoms with E-state index in [0.29, 0.717) is 12.5 Å². The quantitative estimate of drug-likeness (QED) is 0.836. The molecule has 4 heteroatoms. The average Bonchev–Trinajstić information content (AvgIpc) is 2.83. The lowest BCUT2D eigenvalue weighted by Gasteiger charge is -2.35. The van der Waals surface area contributed by atoms with Gasteiger partial charge >= 0.3 is 0 Å². The van der Waals surface area contributed by atoms with Gasteiger partial charge < -0.3 is 4.90 Å². The molecule has 0 aliphatic carbocycles. The fourth-order valence-corrected chi connectivity index (χ4v) is 3.59. The maximum Gasteiger partial charge on any atom is 0.223 e. The Bertz CT molecular complexity index is 414. The lowest BCUT2D eigenvalue weighted by Crippen LogP contribution is -2.37. The first-order valence-corrected chi connectivity index (χ1v) is 7.52. The van der Waals surface area contributed by atoms with Gasteiger partial charge in [-0.25, -0.2) is 0 Å². The summed E-state index contributed by atoms with van der Waals surface area (Å²) in [4.78, 5) is 17.4. The van der Waals surface area contributed by atoms with Gasteiger partial charge in [-0.15, -0.1) is 11.3 Å². The molecule has 1 aromatic rings. The first-order valence-electron chi connectivity index (χ1n) is 6.64. The molecule has 1 aliphatic rings. The summed E-state index contributed by atoms with van der Waals surface area (Å²) in [6.45, 7) is 4.20. The van der Waals surface area contributed by atoms with E-state index in [1.54, 1.807) is 4.90 Å². The minimum atomic E-state index is 0.223. The molecular formula is C14H22N2OS. The Morgan fingerprint density at radius 3 is 3.00 bits per heavy atom. The SMILES string of the molecule is CCC1c2ccsc2CCN1CCC(=O)N(C)C. The Morgan fingerprint density at radius 2 is 2.33 bits per heavy atom. The number of fused-ring (bicyclic) bond motifs is 1. The van der Waals surface area contributed by atoms with E-state index in [4.69, 9.17) is 0 Å². The molecule has 1 unspecified atom stereocenters. The molecule has 0 bridgehead atoms.